The molecule has 11 nitrogen and oxygen atoms in total. The number of nitrogens with two attached hydrogens (primary N) is 1. The number of benzene rings is 1. The highest BCUT2D eigenvalue weighted by molar-refractivity contribution is 5.72. The van der Waals surface area contributed by atoms with E-state index in [-0.39, 0.29) is 25.4 Å². The normalized spacial score (nSPS) is 11.2. The molecule has 0 saturated heterocycles. The molecule has 1 rings (SSSR count). The minimum atomic E-state index is -0.938. The second kappa shape index (κ2) is 25.5. The Morgan fingerprint density at radius 2 is 0.947 bits per heavy atom. The van der Waals surface area contributed by atoms with E-state index in [1.165, 1.54) is 0 Å². The summed E-state index contributed by atoms with van der Waals surface area (Å²) in [7, 11) is 0. The van der Waals surface area contributed by atoms with Gasteiger partial charge in [-0.25, -0.2) is 8.78 Å². The van der Waals surface area contributed by atoms with Gasteiger partial charge in [0.15, 0.2) is 11.6 Å². The molecular weight excluding hydrogens is 512 g/mol. The molecule has 38 heavy (non-hydrogen) atoms. The van der Waals surface area contributed by atoms with Crippen molar-refractivity contribution in [3.05, 3.63) is 29.8 Å². The molecule has 0 aliphatic rings. The third-order valence-corrected chi connectivity index (χ3v) is 4.43. The standard InChI is InChI=1S/C25H41F2NO10/c26-22-1-2-24(23(27)21-22)38-25(29)3-5-30-7-9-32-11-13-34-15-17-36-19-20-37-18-16-35-14-12-33-10-8-31-6-4-28/h1-2,21H,3-20,28H2. The highest BCUT2D eigenvalue weighted by Crippen LogP contribution is 2.18. The summed E-state index contributed by atoms with van der Waals surface area (Å²) in [6.07, 6.45) is -0.0682. The van der Waals surface area contributed by atoms with E-state index >= 15 is 0 Å². The Kier molecular flexibility index (Phi) is 22.9. The van der Waals surface area contributed by atoms with E-state index in [4.69, 9.17) is 48.4 Å². The molecule has 0 unspecified atom stereocenters. The molecule has 0 fully saturated rings. The minimum absolute atomic E-state index is 0.0682. The second-order valence-corrected chi connectivity index (χ2v) is 7.49. The monoisotopic (exact) mass is 553 g/mol. The van der Waals surface area contributed by atoms with Crippen molar-refractivity contribution < 1.29 is 56.2 Å². The summed E-state index contributed by atoms with van der Waals surface area (Å²) in [6.45, 7) is 7.46. The first kappa shape index (κ1) is 34.2. The molecule has 0 spiro atoms. The largest absolute Gasteiger partial charge is 0.423 e. The highest BCUT2D eigenvalue weighted by Gasteiger charge is 2.10. The lowest BCUT2D eigenvalue weighted by atomic mass is 10.3. The molecule has 13 heteroatoms. The van der Waals surface area contributed by atoms with E-state index in [1.54, 1.807) is 0 Å². The zero-order valence-electron chi connectivity index (χ0n) is 21.9. The van der Waals surface area contributed by atoms with Crippen LogP contribution in [0.15, 0.2) is 18.2 Å². The fourth-order valence-corrected chi connectivity index (χ4v) is 2.61. The van der Waals surface area contributed by atoms with Gasteiger partial charge in [-0.05, 0) is 12.1 Å². The zero-order valence-corrected chi connectivity index (χ0v) is 21.9. The molecule has 0 bridgehead atoms. The van der Waals surface area contributed by atoms with E-state index in [2.05, 4.69) is 0 Å². The number of carbonyl (C=O) groups is 1. The first-order chi connectivity index (χ1) is 18.6. The Morgan fingerprint density at radius 1 is 0.579 bits per heavy atom. The van der Waals surface area contributed by atoms with Crippen molar-refractivity contribution in [2.45, 2.75) is 6.42 Å². The van der Waals surface area contributed by atoms with Crippen LogP contribution in [0.4, 0.5) is 8.78 Å². The van der Waals surface area contributed by atoms with Crippen LogP contribution in [0.3, 0.4) is 0 Å². The number of hydrogen-bond acceptors (Lipinski definition) is 11. The molecule has 1 aromatic rings. The fourth-order valence-electron chi connectivity index (χ4n) is 2.61. The number of carbonyl (C=O) groups excluding carboxylic acids is 1. The van der Waals surface area contributed by atoms with Gasteiger partial charge >= 0.3 is 5.97 Å². The Bertz CT molecular complexity index is 702. The van der Waals surface area contributed by atoms with Crippen molar-refractivity contribution in [1.82, 2.24) is 0 Å². The maximum Gasteiger partial charge on any atom is 0.313 e. The van der Waals surface area contributed by atoms with Crippen LogP contribution in [0.5, 0.6) is 5.75 Å². The predicted octanol–water partition coefficient (Wildman–Crippen LogP) is 1.35. The van der Waals surface area contributed by atoms with Gasteiger partial charge in [0.1, 0.15) is 5.82 Å². The maximum atomic E-state index is 13.4. The molecule has 0 radical (unpaired) electrons. The molecule has 2 N–H and O–H groups in total. The summed E-state index contributed by atoms with van der Waals surface area (Å²) >= 11 is 0. The third kappa shape index (κ3) is 21.2. The molecule has 1 aromatic carbocycles. The van der Waals surface area contributed by atoms with E-state index in [0.717, 1.165) is 12.1 Å². The number of hydrogen-bond donors (Lipinski definition) is 1. The minimum Gasteiger partial charge on any atom is -0.423 e. The van der Waals surface area contributed by atoms with Crippen molar-refractivity contribution in [2.75, 3.05) is 112 Å². The van der Waals surface area contributed by atoms with Crippen LogP contribution < -0.4 is 10.5 Å². The molecular formula is C25H41F2NO10. The van der Waals surface area contributed by atoms with Gasteiger partial charge in [0.2, 0.25) is 0 Å². The van der Waals surface area contributed by atoms with Gasteiger partial charge in [0, 0.05) is 12.6 Å². The summed E-state index contributed by atoms with van der Waals surface area (Å²) < 4.78 is 73.8. The van der Waals surface area contributed by atoms with E-state index in [1.807, 2.05) is 0 Å². The first-order valence-corrected chi connectivity index (χ1v) is 12.6. The van der Waals surface area contributed by atoms with Gasteiger partial charge in [0.25, 0.3) is 0 Å². The number of esters is 1. The Balaban J connectivity index is 1.72. The molecule has 220 valence electrons. The fraction of sp³-hybridized carbons (Fsp3) is 0.720. The quantitative estimate of drug-likeness (QED) is 0.0964. The van der Waals surface area contributed by atoms with Crippen molar-refractivity contribution >= 4 is 5.97 Å². The van der Waals surface area contributed by atoms with Crippen molar-refractivity contribution in [3.8, 4) is 5.75 Å². The SMILES string of the molecule is NCCOCCOCCOCCOCCOCCOCCOCCOCCC(=O)Oc1ccc(F)cc1F. The van der Waals surface area contributed by atoms with Gasteiger partial charge in [-0.2, -0.15) is 0 Å². The molecule has 0 aromatic heterocycles. The van der Waals surface area contributed by atoms with E-state index in [9.17, 15) is 13.6 Å². The van der Waals surface area contributed by atoms with Crippen LogP contribution in [0.2, 0.25) is 0 Å². The Morgan fingerprint density at radius 3 is 1.32 bits per heavy atom. The lowest BCUT2D eigenvalue weighted by Crippen LogP contribution is -2.16. The molecule has 0 saturated carbocycles. The van der Waals surface area contributed by atoms with Crippen molar-refractivity contribution in [2.24, 2.45) is 5.73 Å². The van der Waals surface area contributed by atoms with Gasteiger partial charge in [-0.15, -0.1) is 0 Å². The van der Waals surface area contributed by atoms with Crippen molar-refractivity contribution in [1.29, 1.82) is 0 Å². The summed E-state index contributed by atoms with van der Waals surface area (Å²) in [4.78, 5) is 11.6. The summed E-state index contributed by atoms with van der Waals surface area (Å²) in [5.41, 5.74) is 5.31. The van der Waals surface area contributed by atoms with Gasteiger partial charge in [-0.1, -0.05) is 0 Å². The topological polar surface area (TPSA) is 126 Å². The average Bonchev–Trinajstić information content (AvgIpc) is 2.90. The first-order valence-electron chi connectivity index (χ1n) is 12.6. The second-order valence-electron chi connectivity index (χ2n) is 7.49. The molecule has 0 aliphatic heterocycles. The molecule has 0 heterocycles. The lowest BCUT2D eigenvalue weighted by molar-refractivity contribution is -0.135. The van der Waals surface area contributed by atoms with Gasteiger partial charge in [0.05, 0.1) is 112 Å². The van der Waals surface area contributed by atoms with E-state index in [0.29, 0.717) is 105 Å². The van der Waals surface area contributed by atoms with Crippen LogP contribution in [-0.4, -0.2) is 118 Å². The highest BCUT2D eigenvalue weighted by atomic mass is 19.1. The average molecular weight is 554 g/mol. The smallest absolute Gasteiger partial charge is 0.313 e. The number of ether oxygens (including phenoxy) is 9. The Hall–Kier alpha value is -1.81. The Labute approximate surface area is 222 Å². The van der Waals surface area contributed by atoms with Crippen LogP contribution in [0.1, 0.15) is 6.42 Å². The van der Waals surface area contributed by atoms with Crippen LogP contribution in [-0.2, 0) is 42.7 Å². The van der Waals surface area contributed by atoms with Crippen LogP contribution in [0, 0.1) is 11.6 Å². The van der Waals surface area contributed by atoms with Crippen LogP contribution in [0.25, 0.3) is 0 Å². The summed E-state index contributed by atoms with van der Waals surface area (Å²) in [6, 6.07) is 2.71. The number of halogens is 2. The lowest BCUT2D eigenvalue weighted by Gasteiger charge is -2.09. The van der Waals surface area contributed by atoms with Crippen LogP contribution >= 0.6 is 0 Å². The van der Waals surface area contributed by atoms with E-state index < -0.39 is 17.6 Å². The maximum absolute atomic E-state index is 13.4. The predicted molar refractivity (Wildman–Crippen MR) is 132 cm³/mol. The summed E-state index contributed by atoms with van der Waals surface area (Å²) in [5.74, 6) is -2.68. The third-order valence-electron chi connectivity index (χ3n) is 4.43. The molecule has 0 amide bonds. The summed E-state index contributed by atoms with van der Waals surface area (Å²) in [5, 5.41) is 0. The zero-order chi connectivity index (χ0) is 27.5. The van der Waals surface area contributed by atoms with Crippen molar-refractivity contribution in [3.63, 3.8) is 0 Å². The number of rotatable bonds is 27. The van der Waals surface area contributed by atoms with Gasteiger partial charge in [-0.3, -0.25) is 4.79 Å². The van der Waals surface area contributed by atoms with Gasteiger partial charge < -0.3 is 48.4 Å². The molecule has 0 atom stereocenters. The molecule has 0 aliphatic carbocycles.